The number of benzene rings is 1. The first-order chi connectivity index (χ1) is 10.6. The van der Waals surface area contributed by atoms with Crippen LogP contribution in [0.15, 0.2) is 47.7 Å². The summed E-state index contributed by atoms with van der Waals surface area (Å²) in [7, 11) is 0. The van der Waals surface area contributed by atoms with Crippen LogP contribution in [0.3, 0.4) is 0 Å². The van der Waals surface area contributed by atoms with E-state index < -0.39 is 16.7 Å². The maximum atomic E-state index is 12.2. The van der Waals surface area contributed by atoms with Crippen molar-refractivity contribution in [2.45, 2.75) is 13.1 Å². The molecule has 1 heterocycles. The van der Waals surface area contributed by atoms with Crippen molar-refractivity contribution in [3.63, 3.8) is 0 Å². The predicted molar refractivity (Wildman–Crippen MR) is 74.8 cm³/mol. The van der Waals surface area contributed by atoms with Crippen molar-refractivity contribution < 1.29 is 19.5 Å². The summed E-state index contributed by atoms with van der Waals surface area (Å²) in [5.41, 5.74) is 2.67. The Kier molecular flexibility index (Phi) is 3.46. The lowest BCUT2D eigenvalue weighted by molar-refractivity contribution is -0.755. The Hall–Kier alpha value is -2.96. The second-order valence-electron chi connectivity index (χ2n) is 5.02. The number of fused-ring (bicyclic) bond motifs is 1. The van der Waals surface area contributed by atoms with Gasteiger partial charge >= 0.3 is 0 Å². The molecule has 0 N–H and O–H groups in total. The average Bonchev–Trinajstić information content (AvgIpc) is 2.91. The second kappa shape index (κ2) is 5.44. The average molecular weight is 300 g/mol. The van der Waals surface area contributed by atoms with Crippen LogP contribution in [0.5, 0.6) is 0 Å². The Morgan fingerprint density at radius 3 is 2.36 bits per heavy atom. The molecule has 2 aliphatic rings. The number of hydrogen-bond acceptors (Lipinski definition) is 6. The molecule has 0 saturated heterocycles. The standard InChI is InChI=1S/C15H12N2O5/c18-13-6-5-12(9-22-17(20)21)14(15(13)19)16-7-10-3-1-2-4-11(10)8-16/h1-6H,7-9H2. The SMILES string of the molecule is O=C1C=CC(CO[N+](=O)[O-])=C(N2Cc3ccccc3C2)C1=O. The van der Waals surface area contributed by atoms with Gasteiger partial charge in [0.1, 0.15) is 6.61 Å². The van der Waals surface area contributed by atoms with Gasteiger partial charge in [0, 0.05) is 18.7 Å². The molecular formula is C15H12N2O5. The number of carbonyl (C=O) groups excluding carboxylic acids is 2. The number of allylic oxidation sites excluding steroid dienone is 2. The van der Waals surface area contributed by atoms with Gasteiger partial charge in [0.15, 0.2) is 0 Å². The van der Waals surface area contributed by atoms with Crippen LogP contribution in [0, 0.1) is 10.1 Å². The third-order valence-corrected chi connectivity index (χ3v) is 3.66. The maximum Gasteiger partial charge on any atom is 0.294 e. The fraction of sp³-hybridized carbons (Fsp3) is 0.200. The van der Waals surface area contributed by atoms with Crippen molar-refractivity contribution in [1.29, 1.82) is 0 Å². The monoisotopic (exact) mass is 300 g/mol. The van der Waals surface area contributed by atoms with Gasteiger partial charge in [-0.15, -0.1) is 10.1 Å². The molecule has 1 aliphatic carbocycles. The van der Waals surface area contributed by atoms with E-state index in [2.05, 4.69) is 4.84 Å². The summed E-state index contributed by atoms with van der Waals surface area (Å²) in [5, 5.41) is 9.45. The summed E-state index contributed by atoms with van der Waals surface area (Å²) in [5.74, 6) is -1.28. The summed E-state index contributed by atoms with van der Waals surface area (Å²) >= 11 is 0. The van der Waals surface area contributed by atoms with Crippen molar-refractivity contribution in [2.75, 3.05) is 6.61 Å². The number of carbonyl (C=O) groups is 2. The first-order valence-corrected chi connectivity index (χ1v) is 6.65. The minimum atomic E-state index is -0.919. The van der Waals surface area contributed by atoms with E-state index in [4.69, 9.17) is 0 Å². The van der Waals surface area contributed by atoms with Crippen LogP contribution in [0.25, 0.3) is 0 Å². The predicted octanol–water partition coefficient (Wildman–Crippen LogP) is 1.17. The fourth-order valence-electron chi connectivity index (χ4n) is 2.67. The number of ketones is 2. The molecule has 0 aromatic heterocycles. The zero-order chi connectivity index (χ0) is 15.7. The minimum Gasteiger partial charge on any atom is -0.359 e. The lowest BCUT2D eigenvalue weighted by atomic mass is 10.0. The lowest BCUT2D eigenvalue weighted by Gasteiger charge is -2.24. The van der Waals surface area contributed by atoms with Crippen molar-refractivity contribution in [1.82, 2.24) is 4.90 Å². The second-order valence-corrected chi connectivity index (χ2v) is 5.02. The van der Waals surface area contributed by atoms with Gasteiger partial charge in [-0.2, -0.15) is 0 Å². The van der Waals surface area contributed by atoms with Crippen molar-refractivity contribution in [3.8, 4) is 0 Å². The van der Waals surface area contributed by atoms with Gasteiger partial charge in [-0.1, -0.05) is 30.3 Å². The highest BCUT2D eigenvalue weighted by Gasteiger charge is 2.31. The molecule has 22 heavy (non-hydrogen) atoms. The summed E-state index contributed by atoms with van der Waals surface area (Å²) in [6.45, 7) is 0.616. The van der Waals surface area contributed by atoms with Gasteiger partial charge in [0.05, 0.1) is 5.70 Å². The molecule has 0 spiro atoms. The molecule has 0 fully saturated rings. The highest BCUT2D eigenvalue weighted by molar-refractivity contribution is 6.48. The topological polar surface area (TPSA) is 89.8 Å². The highest BCUT2D eigenvalue weighted by Crippen LogP contribution is 2.29. The zero-order valence-corrected chi connectivity index (χ0v) is 11.5. The molecule has 0 atom stereocenters. The first-order valence-electron chi connectivity index (χ1n) is 6.65. The van der Waals surface area contributed by atoms with E-state index in [0.717, 1.165) is 17.2 Å². The van der Waals surface area contributed by atoms with E-state index in [1.54, 1.807) is 4.90 Å². The molecule has 3 rings (SSSR count). The van der Waals surface area contributed by atoms with Crippen LogP contribution in [0.1, 0.15) is 11.1 Å². The van der Waals surface area contributed by atoms with Gasteiger partial charge < -0.3 is 9.74 Å². The molecular weight excluding hydrogens is 288 g/mol. The van der Waals surface area contributed by atoms with Crippen molar-refractivity contribution in [3.05, 3.63) is 68.9 Å². The van der Waals surface area contributed by atoms with E-state index in [-0.39, 0.29) is 12.3 Å². The fourth-order valence-corrected chi connectivity index (χ4v) is 2.67. The highest BCUT2D eigenvalue weighted by atomic mass is 16.9. The van der Waals surface area contributed by atoms with Gasteiger partial charge in [-0.3, -0.25) is 9.59 Å². The summed E-state index contributed by atoms with van der Waals surface area (Å²) in [6, 6.07) is 7.71. The Balaban J connectivity index is 1.93. The smallest absolute Gasteiger partial charge is 0.294 e. The van der Waals surface area contributed by atoms with E-state index in [1.165, 1.54) is 6.08 Å². The Bertz CT molecular complexity index is 710. The van der Waals surface area contributed by atoms with Crippen LogP contribution in [-0.4, -0.2) is 28.2 Å². The Morgan fingerprint density at radius 2 is 1.77 bits per heavy atom. The van der Waals surface area contributed by atoms with Crippen LogP contribution in [0.2, 0.25) is 0 Å². The lowest BCUT2D eigenvalue weighted by Crippen LogP contribution is -2.31. The molecule has 0 bridgehead atoms. The van der Waals surface area contributed by atoms with Crippen LogP contribution in [-0.2, 0) is 27.5 Å². The van der Waals surface area contributed by atoms with E-state index >= 15 is 0 Å². The molecule has 1 aromatic carbocycles. The number of rotatable bonds is 4. The van der Waals surface area contributed by atoms with Gasteiger partial charge in [0.25, 0.3) is 5.09 Å². The third kappa shape index (κ3) is 2.48. The number of Topliss-reactive ketones (excluding diaryl/α,β-unsaturated/α-hetero) is 1. The maximum absolute atomic E-state index is 12.2. The first kappa shape index (κ1) is 14.0. The summed E-state index contributed by atoms with van der Waals surface area (Å²) in [6.07, 6.45) is 2.53. The zero-order valence-electron chi connectivity index (χ0n) is 11.5. The molecule has 1 aromatic rings. The Morgan fingerprint density at radius 1 is 1.14 bits per heavy atom. The van der Waals surface area contributed by atoms with Crippen LogP contribution in [0.4, 0.5) is 0 Å². The molecule has 1 aliphatic heterocycles. The van der Waals surface area contributed by atoms with Gasteiger partial charge in [-0.25, -0.2) is 0 Å². The Labute approximate surface area is 125 Å². The number of hydrogen-bond donors (Lipinski definition) is 0. The molecule has 0 saturated carbocycles. The molecule has 7 heteroatoms. The quantitative estimate of drug-likeness (QED) is 0.359. The van der Waals surface area contributed by atoms with E-state index in [0.29, 0.717) is 18.7 Å². The minimum absolute atomic E-state index is 0.186. The molecule has 7 nitrogen and oxygen atoms in total. The molecule has 112 valence electrons. The van der Waals surface area contributed by atoms with Gasteiger partial charge in [0.2, 0.25) is 11.6 Å². The van der Waals surface area contributed by atoms with Gasteiger partial charge in [-0.05, 0) is 17.2 Å². The molecule has 0 unspecified atom stereocenters. The summed E-state index contributed by atoms with van der Waals surface area (Å²) < 4.78 is 0. The van der Waals surface area contributed by atoms with Crippen LogP contribution < -0.4 is 0 Å². The van der Waals surface area contributed by atoms with Crippen LogP contribution >= 0.6 is 0 Å². The molecule has 0 radical (unpaired) electrons. The van der Waals surface area contributed by atoms with E-state index in [1.807, 2.05) is 24.3 Å². The van der Waals surface area contributed by atoms with Crippen molar-refractivity contribution >= 4 is 11.6 Å². The summed E-state index contributed by atoms with van der Waals surface area (Å²) in [4.78, 5) is 40.3. The largest absolute Gasteiger partial charge is 0.359 e. The van der Waals surface area contributed by atoms with Crippen molar-refractivity contribution in [2.24, 2.45) is 0 Å². The van der Waals surface area contributed by atoms with E-state index in [9.17, 15) is 19.7 Å². The third-order valence-electron chi connectivity index (χ3n) is 3.66. The normalized spacial score (nSPS) is 17.0. The molecule has 0 amide bonds. The number of nitrogens with zero attached hydrogens (tertiary/aromatic N) is 2.